The van der Waals surface area contributed by atoms with Gasteiger partial charge in [0.25, 0.3) is 0 Å². The second kappa shape index (κ2) is 10.4. The molecule has 0 amide bonds. The molecule has 0 N–H and O–H groups in total. The van der Waals surface area contributed by atoms with Crippen LogP contribution in [0.5, 0.6) is 0 Å². The number of rotatable bonds is 4. The fourth-order valence-corrected chi connectivity index (χ4v) is 8.53. The quantitative estimate of drug-likeness (QED) is 0.192. The van der Waals surface area contributed by atoms with Crippen LogP contribution in [-0.4, -0.2) is 0 Å². The van der Waals surface area contributed by atoms with Crippen LogP contribution in [0.1, 0.15) is 22.3 Å². The van der Waals surface area contributed by atoms with Crippen LogP contribution in [0, 0.1) is 0 Å². The lowest BCUT2D eigenvalue weighted by atomic mass is 9.67. The van der Waals surface area contributed by atoms with Crippen molar-refractivity contribution < 1.29 is 0 Å². The molecule has 0 saturated heterocycles. The molecule has 0 unspecified atom stereocenters. The first-order chi connectivity index (χ1) is 23.8. The molecule has 224 valence electrons. The fourth-order valence-electron chi connectivity index (χ4n) is 8.53. The van der Waals surface area contributed by atoms with Gasteiger partial charge in [0.05, 0.1) is 16.8 Å². The van der Waals surface area contributed by atoms with Crippen molar-refractivity contribution in [2.24, 2.45) is 0 Å². The van der Waals surface area contributed by atoms with Gasteiger partial charge in [-0.2, -0.15) is 0 Å². The predicted octanol–water partition coefficient (Wildman–Crippen LogP) is 12.3. The van der Waals surface area contributed by atoms with Gasteiger partial charge >= 0.3 is 0 Å². The van der Waals surface area contributed by atoms with Gasteiger partial charge in [-0.05, 0) is 85.8 Å². The Hall–Kier alpha value is -6.18. The number of para-hydroxylation sites is 1. The minimum absolute atomic E-state index is 0.463. The maximum atomic E-state index is 2.50. The lowest BCUT2D eigenvalue weighted by Crippen LogP contribution is -2.29. The van der Waals surface area contributed by atoms with Crippen molar-refractivity contribution in [2.45, 2.75) is 5.41 Å². The monoisotopic (exact) mass is 609 g/mol. The average Bonchev–Trinajstić information content (AvgIpc) is 3.46. The SMILES string of the molecule is c1ccc(-c2ccc3c4c(cccc24)-c2cc4c(cc2N3c2ccccc2)C(c2ccccc2)(c2ccccc2)c2ccccc2-4)cc1. The van der Waals surface area contributed by atoms with Crippen molar-refractivity contribution in [3.63, 3.8) is 0 Å². The number of hydrogen-bond acceptors (Lipinski definition) is 1. The molecule has 1 aliphatic heterocycles. The molecule has 0 fully saturated rings. The standard InChI is InChI=1S/C47H31N/c1-5-16-32(17-6-1)36-28-29-44-46-38(36)25-15-26-39(46)41-30-40-37-24-13-14-27-42(37)47(33-18-7-2-8-19-33,34-20-9-3-10-21-34)43(40)31-45(41)48(44)35-22-11-4-12-23-35/h1-31H. The van der Waals surface area contributed by atoms with E-state index in [1.807, 2.05) is 0 Å². The van der Waals surface area contributed by atoms with E-state index in [0.717, 1.165) is 5.69 Å². The van der Waals surface area contributed by atoms with E-state index in [1.165, 1.54) is 77.8 Å². The molecule has 8 aromatic carbocycles. The summed E-state index contributed by atoms with van der Waals surface area (Å²) in [6.07, 6.45) is 0. The predicted molar refractivity (Wildman–Crippen MR) is 200 cm³/mol. The lowest BCUT2D eigenvalue weighted by molar-refractivity contribution is 0.768. The van der Waals surface area contributed by atoms with Crippen molar-refractivity contribution in [2.75, 3.05) is 4.90 Å². The lowest BCUT2D eigenvalue weighted by Gasteiger charge is -2.37. The third-order valence-electron chi connectivity index (χ3n) is 10.5. The molecular formula is C47H31N. The molecule has 0 spiro atoms. The summed E-state index contributed by atoms with van der Waals surface area (Å²) in [5.74, 6) is 0. The first kappa shape index (κ1) is 27.0. The van der Waals surface area contributed by atoms with Crippen LogP contribution >= 0.6 is 0 Å². The van der Waals surface area contributed by atoms with Gasteiger partial charge in [-0.1, -0.05) is 158 Å². The first-order valence-corrected chi connectivity index (χ1v) is 16.7. The summed E-state index contributed by atoms with van der Waals surface area (Å²) < 4.78 is 0. The minimum atomic E-state index is -0.463. The molecular weight excluding hydrogens is 579 g/mol. The third kappa shape index (κ3) is 3.67. The van der Waals surface area contributed by atoms with Crippen molar-refractivity contribution in [1.82, 2.24) is 0 Å². The molecule has 0 radical (unpaired) electrons. The van der Waals surface area contributed by atoms with E-state index in [0.29, 0.717) is 0 Å². The van der Waals surface area contributed by atoms with E-state index in [9.17, 15) is 0 Å². The molecule has 48 heavy (non-hydrogen) atoms. The Balaban J connectivity index is 1.35. The van der Waals surface area contributed by atoms with E-state index < -0.39 is 5.41 Å². The number of fused-ring (bicyclic) bond motifs is 5. The molecule has 1 nitrogen and oxygen atoms in total. The van der Waals surface area contributed by atoms with Crippen molar-refractivity contribution in [3.8, 4) is 33.4 Å². The highest BCUT2D eigenvalue weighted by Gasteiger charge is 2.47. The van der Waals surface area contributed by atoms with Crippen LogP contribution in [0.2, 0.25) is 0 Å². The summed E-state index contributed by atoms with van der Waals surface area (Å²) in [6.45, 7) is 0. The zero-order valence-electron chi connectivity index (χ0n) is 26.3. The van der Waals surface area contributed by atoms with E-state index in [4.69, 9.17) is 0 Å². The van der Waals surface area contributed by atoms with Gasteiger partial charge in [0.1, 0.15) is 0 Å². The molecule has 0 atom stereocenters. The van der Waals surface area contributed by atoms with E-state index in [-0.39, 0.29) is 0 Å². The summed E-state index contributed by atoms with van der Waals surface area (Å²) in [5, 5.41) is 2.56. The number of hydrogen-bond donors (Lipinski definition) is 0. The number of nitrogens with zero attached hydrogens (tertiary/aromatic N) is 1. The fraction of sp³-hybridized carbons (Fsp3) is 0.0213. The maximum absolute atomic E-state index is 2.50. The van der Waals surface area contributed by atoms with Gasteiger partial charge in [0.15, 0.2) is 0 Å². The van der Waals surface area contributed by atoms with Crippen molar-refractivity contribution in [3.05, 3.63) is 210 Å². The highest BCUT2D eigenvalue weighted by atomic mass is 15.2. The molecule has 0 bridgehead atoms. The molecule has 0 aromatic heterocycles. The molecule has 1 aliphatic carbocycles. The van der Waals surface area contributed by atoms with Crippen LogP contribution in [0.3, 0.4) is 0 Å². The topological polar surface area (TPSA) is 3.24 Å². The third-order valence-corrected chi connectivity index (χ3v) is 10.5. The van der Waals surface area contributed by atoms with Gasteiger partial charge in [-0.3, -0.25) is 0 Å². The second-order valence-electron chi connectivity index (χ2n) is 12.8. The minimum Gasteiger partial charge on any atom is -0.309 e. The zero-order valence-corrected chi connectivity index (χ0v) is 26.3. The molecule has 0 saturated carbocycles. The Labute approximate surface area is 281 Å². The Morgan fingerprint density at radius 3 is 1.67 bits per heavy atom. The zero-order chi connectivity index (χ0) is 31.7. The Morgan fingerprint density at radius 2 is 0.958 bits per heavy atom. The smallest absolute Gasteiger partial charge is 0.0714 e. The summed E-state index contributed by atoms with van der Waals surface area (Å²) >= 11 is 0. The second-order valence-corrected chi connectivity index (χ2v) is 12.8. The number of benzene rings is 8. The van der Waals surface area contributed by atoms with Gasteiger partial charge in [-0.15, -0.1) is 0 Å². The average molecular weight is 610 g/mol. The molecule has 2 aliphatic rings. The van der Waals surface area contributed by atoms with Gasteiger partial charge < -0.3 is 4.90 Å². The summed E-state index contributed by atoms with van der Waals surface area (Å²) in [5.41, 5.74) is 15.9. The van der Waals surface area contributed by atoms with Crippen LogP contribution in [0.4, 0.5) is 17.1 Å². The Kier molecular flexibility index (Phi) is 5.86. The largest absolute Gasteiger partial charge is 0.309 e. The van der Waals surface area contributed by atoms with Crippen LogP contribution < -0.4 is 4.90 Å². The van der Waals surface area contributed by atoms with E-state index in [1.54, 1.807) is 0 Å². The van der Waals surface area contributed by atoms with Gasteiger partial charge in [-0.25, -0.2) is 0 Å². The molecule has 10 rings (SSSR count). The van der Waals surface area contributed by atoms with Gasteiger partial charge in [0, 0.05) is 16.6 Å². The Bertz CT molecular complexity index is 2440. The molecule has 1 heterocycles. The van der Waals surface area contributed by atoms with Crippen molar-refractivity contribution in [1.29, 1.82) is 0 Å². The maximum Gasteiger partial charge on any atom is 0.0714 e. The molecule has 8 aromatic rings. The summed E-state index contributed by atoms with van der Waals surface area (Å²) in [6, 6.07) is 69.3. The van der Waals surface area contributed by atoms with Crippen LogP contribution in [-0.2, 0) is 5.41 Å². The van der Waals surface area contributed by atoms with E-state index in [2.05, 4.69) is 193 Å². The highest BCUT2D eigenvalue weighted by molar-refractivity contribution is 6.18. The molecule has 1 heteroatoms. The Morgan fingerprint density at radius 1 is 0.354 bits per heavy atom. The van der Waals surface area contributed by atoms with Crippen LogP contribution in [0.15, 0.2) is 188 Å². The van der Waals surface area contributed by atoms with Crippen LogP contribution in [0.25, 0.3) is 44.2 Å². The number of anilines is 3. The summed E-state index contributed by atoms with van der Waals surface area (Å²) in [4.78, 5) is 2.49. The van der Waals surface area contributed by atoms with E-state index >= 15 is 0 Å². The highest BCUT2D eigenvalue weighted by Crippen LogP contribution is 2.61. The summed E-state index contributed by atoms with van der Waals surface area (Å²) in [7, 11) is 0. The van der Waals surface area contributed by atoms with Gasteiger partial charge in [0.2, 0.25) is 0 Å². The van der Waals surface area contributed by atoms with Crippen molar-refractivity contribution >= 4 is 27.8 Å². The normalized spacial score (nSPS) is 13.5. The first-order valence-electron chi connectivity index (χ1n) is 16.7.